The van der Waals surface area contributed by atoms with Gasteiger partial charge in [-0.15, -0.1) is 0 Å². The van der Waals surface area contributed by atoms with Crippen molar-refractivity contribution in [3.63, 3.8) is 0 Å². The predicted molar refractivity (Wildman–Crippen MR) is 76.2 cm³/mol. The molecule has 1 aromatic carbocycles. The van der Waals surface area contributed by atoms with Gasteiger partial charge in [-0.25, -0.2) is 12.7 Å². The maximum atomic E-state index is 12.9. The number of esters is 1. The molecule has 0 amide bonds. The molecule has 0 saturated carbocycles. The van der Waals surface area contributed by atoms with Gasteiger partial charge in [-0.1, -0.05) is 12.1 Å². The highest BCUT2D eigenvalue weighted by Crippen LogP contribution is 2.36. The van der Waals surface area contributed by atoms with Crippen LogP contribution in [0.1, 0.15) is 18.4 Å². The van der Waals surface area contributed by atoms with Crippen molar-refractivity contribution in [2.75, 3.05) is 19.3 Å². The molecule has 5 nitrogen and oxygen atoms in total. The summed E-state index contributed by atoms with van der Waals surface area (Å²) < 4.78 is 67.5. The molecule has 0 bridgehead atoms. The lowest BCUT2D eigenvalue weighted by molar-refractivity contribution is -0.145. The SMILES string of the molecule is CS(=O)(=O)N1CCC(C(=O)Oc2ccccc2C(F)(F)F)CC1. The largest absolute Gasteiger partial charge is 0.426 e. The van der Waals surface area contributed by atoms with Crippen LogP contribution in [0.25, 0.3) is 0 Å². The molecular weight excluding hydrogens is 335 g/mol. The van der Waals surface area contributed by atoms with Gasteiger partial charge in [0.25, 0.3) is 0 Å². The number of hydrogen-bond donors (Lipinski definition) is 0. The van der Waals surface area contributed by atoms with Crippen LogP contribution in [0, 0.1) is 5.92 Å². The Morgan fingerprint density at radius 2 is 1.78 bits per heavy atom. The van der Waals surface area contributed by atoms with Crippen LogP contribution in [-0.2, 0) is 21.0 Å². The Labute approximate surface area is 132 Å². The van der Waals surface area contributed by atoms with E-state index in [9.17, 15) is 26.4 Å². The molecule has 1 heterocycles. The minimum absolute atomic E-state index is 0.152. The highest BCUT2D eigenvalue weighted by molar-refractivity contribution is 7.88. The van der Waals surface area contributed by atoms with Crippen molar-refractivity contribution in [2.45, 2.75) is 19.0 Å². The fourth-order valence-corrected chi connectivity index (χ4v) is 3.28. The Kier molecular flexibility index (Phi) is 5.00. The summed E-state index contributed by atoms with van der Waals surface area (Å²) in [7, 11) is -3.33. The lowest BCUT2D eigenvalue weighted by Crippen LogP contribution is -2.40. The summed E-state index contributed by atoms with van der Waals surface area (Å²) in [6, 6.07) is 4.50. The summed E-state index contributed by atoms with van der Waals surface area (Å²) in [5.74, 6) is -1.92. The normalized spacial score (nSPS) is 17.9. The van der Waals surface area contributed by atoms with Gasteiger partial charge in [0.05, 0.1) is 17.7 Å². The zero-order chi connectivity index (χ0) is 17.3. The average Bonchev–Trinajstić information content (AvgIpc) is 2.46. The van der Waals surface area contributed by atoms with Gasteiger partial charge in [0, 0.05) is 13.1 Å². The number of piperidine rings is 1. The molecule has 0 N–H and O–H groups in total. The number of carbonyl (C=O) groups excluding carboxylic acids is 1. The number of halogens is 3. The van der Waals surface area contributed by atoms with Gasteiger partial charge >= 0.3 is 12.1 Å². The molecule has 0 spiro atoms. The van der Waals surface area contributed by atoms with Crippen molar-refractivity contribution in [2.24, 2.45) is 5.92 Å². The van der Waals surface area contributed by atoms with Gasteiger partial charge in [-0.05, 0) is 25.0 Å². The Morgan fingerprint density at radius 1 is 1.22 bits per heavy atom. The third-order valence-corrected chi connectivity index (χ3v) is 4.96. The van der Waals surface area contributed by atoms with Crippen LogP contribution >= 0.6 is 0 Å². The van der Waals surface area contributed by atoms with E-state index < -0.39 is 39.4 Å². The van der Waals surface area contributed by atoms with E-state index in [2.05, 4.69) is 0 Å². The Bertz CT molecular complexity index is 680. The number of benzene rings is 1. The number of rotatable bonds is 3. The summed E-state index contributed by atoms with van der Waals surface area (Å²) in [5.41, 5.74) is -1.01. The molecule has 128 valence electrons. The summed E-state index contributed by atoms with van der Waals surface area (Å²) >= 11 is 0. The second-order valence-corrected chi connectivity index (χ2v) is 7.33. The standard InChI is InChI=1S/C14H16F3NO4S/c1-23(20,21)18-8-6-10(7-9-18)13(19)22-12-5-3-2-4-11(12)14(15,16)17/h2-5,10H,6-9H2,1H3. The van der Waals surface area contributed by atoms with E-state index in [1.807, 2.05) is 0 Å². The smallest absolute Gasteiger partial charge is 0.419 e. The molecule has 23 heavy (non-hydrogen) atoms. The molecular formula is C14H16F3NO4S. The maximum absolute atomic E-state index is 12.9. The molecule has 0 aromatic heterocycles. The van der Waals surface area contributed by atoms with E-state index in [-0.39, 0.29) is 25.9 Å². The number of hydrogen-bond acceptors (Lipinski definition) is 4. The Balaban J connectivity index is 2.05. The number of alkyl halides is 3. The highest BCUT2D eigenvalue weighted by Gasteiger charge is 2.36. The fourth-order valence-electron chi connectivity index (χ4n) is 2.40. The maximum Gasteiger partial charge on any atom is 0.419 e. The first-order valence-corrected chi connectivity index (χ1v) is 8.77. The summed E-state index contributed by atoms with van der Waals surface area (Å²) in [5, 5.41) is 0. The first-order chi connectivity index (χ1) is 10.6. The number of sulfonamides is 1. The van der Waals surface area contributed by atoms with Gasteiger partial charge < -0.3 is 4.74 Å². The van der Waals surface area contributed by atoms with Gasteiger partial charge in [-0.2, -0.15) is 13.2 Å². The number of para-hydroxylation sites is 1. The molecule has 0 unspecified atom stereocenters. The summed E-state index contributed by atoms with van der Waals surface area (Å²) in [4.78, 5) is 12.0. The quantitative estimate of drug-likeness (QED) is 0.619. The Hall–Kier alpha value is -1.61. The first kappa shape index (κ1) is 17.7. The van der Waals surface area contributed by atoms with E-state index in [0.717, 1.165) is 18.4 Å². The zero-order valence-electron chi connectivity index (χ0n) is 12.3. The van der Waals surface area contributed by atoms with E-state index in [1.165, 1.54) is 16.4 Å². The number of carbonyl (C=O) groups is 1. The van der Waals surface area contributed by atoms with Crippen molar-refractivity contribution in [3.05, 3.63) is 29.8 Å². The zero-order valence-corrected chi connectivity index (χ0v) is 13.2. The fraction of sp³-hybridized carbons (Fsp3) is 0.500. The molecule has 1 aliphatic rings. The second kappa shape index (κ2) is 6.48. The van der Waals surface area contributed by atoms with Crippen molar-refractivity contribution in [1.82, 2.24) is 4.31 Å². The van der Waals surface area contributed by atoms with E-state index >= 15 is 0 Å². The average molecular weight is 351 g/mol. The molecule has 1 aromatic rings. The number of ether oxygens (including phenoxy) is 1. The molecule has 1 aliphatic heterocycles. The van der Waals surface area contributed by atoms with Crippen LogP contribution in [0.2, 0.25) is 0 Å². The topological polar surface area (TPSA) is 63.7 Å². The van der Waals surface area contributed by atoms with Gasteiger partial charge in [0.1, 0.15) is 5.75 Å². The van der Waals surface area contributed by atoms with Crippen LogP contribution < -0.4 is 4.74 Å². The van der Waals surface area contributed by atoms with E-state index in [4.69, 9.17) is 4.74 Å². The number of nitrogens with zero attached hydrogens (tertiary/aromatic N) is 1. The first-order valence-electron chi connectivity index (χ1n) is 6.92. The third kappa shape index (κ3) is 4.44. The predicted octanol–water partition coefficient (Wildman–Crippen LogP) is 2.28. The minimum atomic E-state index is -4.61. The van der Waals surface area contributed by atoms with Crippen LogP contribution in [0.3, 0.4) is 0 Å². The van der Waals surface area contributed by atoms with Crippen molar-refractivity contribution < 1.29 is 31.1 Å². The molecule has 9 heteroatoms. The van der Waals surface area contributed by atoms with E-state index in [1.54, 1.807) is 0 Å². The monoisotopic (exact) mass is 351 g/mol. The van der Waals surface area contributed by atoms with Crippen LogP contribution in [0.5, 0.6) is 5.75 Å². The second-order valence-electron chi connectivity index (χ2n) is 5.35. The van der Waals surface area contributed by atoms with Crippen molar-refractivity contribution in [1.29, 1.82) is 0 Å². The lowest BCUT2D eigenvalue weighted by atomic mass is 9.98. The molecule has 1 fully saturated rings. The Morgan fingerprint density at radius 3 is 2.30 bits per heavy atom. The van der Waals surface area contributed by atoms with Crippen LogP contribution in [0.15, 0.2) is 24.3 Å². The minimum Gasteiger partial charge on any atom is -0.426 e. The van der Waals surface area contributed by atoms with Gasteiger partial charge in [0.2, 0.25) is 10.0 Å². The summed E-state index contributed by atoms with van der Waals surface area (Å²) in [6.45, 7) is 0.305. The lowest BCUT2D eigenvalue weighted by Gasteiger charge is -2.29. The molecule has 2 rings (SSSR count). The highest BCUT2D eigenvalue weighted by atomic mass is 32.2. The summed E-state index contributed by atoms with van der Waals surface area (Å²) in [6.07, 6.45) is -3.10. The third-order valence-electron chi connectivity index (χ3n) is 3.66. The van der Waals surface area contributed by atoms with Crippen LogP contribution in [0.4, 0.5) is 13.2 Å². The van der Waals surface area contributed by atoms with Crippen molar-refractivity contribution >= 4 is 16.0 Å². The van der Waals surface area contributed by atoms with Crippen molar-refractivity contribution in [3.8, 4) is 5.75 Å². The molecule has 1 saturated heterocycles. The van der Waals surface area contributed by atoms with Gasteiger partial charge in [-0.3, -0.25) is 4.79 Å². The van der Waals surface area contributed by atoms with Crippen LogP contribution in [-0.4, -0.2) is 38.0 Å². The van der Waals surface area contributed by atoms with E-state index in [0.29, 0.717) is 0 Å². The molecule has 0 atom stereocenters. The molecule has 0 aliphatic carbocycles. The van der Waals surface area contributed by atoms with Gasteiger partial charge in [0.15, 0.2) is 0 Å². The molecule has 0 radical (unpaired) electrons.